The van der Waals surface area contributed by atoms with Crippen LogP contribution in [0.3, 0.4) is 0 Å². The number of methoxy groups -OCH3 is 2. The molecule has 0 bridgehead atoms. The van der Waals surface area contributed by atoms with Gasteiger partial charge in [-0.2, -0.15) is 0 Å². The Morgan fingerprint density at radius 1 is 0.857 bits per heavy atom. The quantitative estimate of drug-likeness (QED) is 0.712. The van der Waals surface area contributed by atoms with Gasteiger partial charge in [0.05, 0.1) is 19.8 Å². The summed E-state index contributed by atoms with van der Waals surface area (Å²) in [7, 11) is 2.98. The SMILES string of the molecule is COC(=O)c1ccc(OCC(=O)N2CCN(c3ccc(OC)cc3)CC2)cc1. The van der Waals surface area contributed by atoms with E-state index in [0.717, 1.165) is 24.5 Å². The van der Waals surface area contributed by atoms with Gasteiger partial charge in [0.1, 0.15) is 11.5 Å². The minimum Gasteiger partial charge on any atom is -0.497 e. The van der Waals surface area contributed by atoms with Crippen LogP contribution in [0.5, 0.6) is 11.5 Å². The average Bonchev–Trinajstić information content (AvgIpc) is 2.77. The number of anilines is 1. The smallest absolute Gasteiger partial charge is 0.337 e. The minimum absolute atomic E-state index is 0.0277. The molecule has 7 nitrogen and oxygen atoms in total. The number of esters is 1. The molecule has 0 radical (unpaired) electrons. The van der Waals surface area contributed by atoms with E-state index in [1.165, 1.54) is 7.11 Å². The molecule has 1 aliphatic heterocycles. The lowest BCUT2D eigenvalue weighted by Gasteiger charge is -2.36. The fourth-order valence-electron chi connectivity index (χ4n) is 3.05. The Bertz CT molecular complexity index is 797. The fourth-order valence-corrected chi connectivity index (χ4v) is 3.05. The van der Waals surface area contributed by atoms with Crippen LogP contribution in [0.2, 0.25) is 0 Å². The number of benzene rings is 2. The number of carbonyl (C=O) groups excluding carboxylic acids is 2. The first-order valence-electron chi connectivity index (χ1n) is 9.08. The highest BCUT2D eigenvalue weighted by molar-refractivity contribution is 5.89. The highest BCUT2D eigenvalue weighted by atomic mass is 16.5. The van der Waals surface area contributed by atoms with E-state index in [9.17, 15) is 9.59 Å². The fraction of sp³-hybridized carbons (Fsp3) is 0.333. The maximum absolute atomic E-state index is 12.4. The van der Waals surface area contributed by atoms with E-state index in [4.69, 9.17) is 9.47 Å². The third kappa shape index (κ3) is 4.73. The number of amides is 1. The second-order valence-corrected chi connectivity index (χ2v) is 6.37. The molecule has 0 unspecified atom stereocenters. The number of nitrogens with zero attached hydrogens (tertiary/aromatic N) is 2. The number of carbonyl (C=O) groups is 2. The lowest BCUT2D eigenvalue weighted by atomic mass is 10.2. The van der Waals surface area contributed by atoms with Crippen LogP contribution in [0.1, 0.15) is 10.4 Å². The molecule has 148 valence electrons. The first-order valence-corrected chi connectivity index (χ1v) is 9.08. The maximum Gasteiger partial charge on any atom is 0.337 e. The predicted molar refractivity (Wildman–Crippen MR) is 105 cm³/mol. The van der Waals surface area contributed by atoms with E-state index in [0.29, 0.717) is 24.4 Å². The van der Waals surface area contributed by atoms with Crippen molar-refractivity contribution in [1.82, 2.24) is 4.90 Å². The Hall–Kier alpha value is -3.22. The van der Waals surface area contributed by atoms with E-state index >= 15 is 0 Å². The molecule has 3 rings (SSSR count). The highest BCUT2D eigenvalue weighted by Gasteiger charge is 2.21. The second-order valence-electron chi connectivity index (χ2n) is 6.37. The summed E-state index contributed by atoms with van der Waals surface area (Å²) in [6.07, 6.45) is 0. The van der Waals surface area contributed by atoms with Gasteiger partial charge in [0.15, 0.2) is 6.61 Å². The molecule has 0 spiro atoms. The summed E-state index contributed by atoms with van der Waals surface area (Å²) >= 11 is 0. The van der Waals surface area contributed by atoms with Crippen LogP contribution in [0, 0.1) is 0 Å². The summed E-state index contributed by atoms with van der Waals surface area (Å²) in [5.74, 6) is 0.913. The van der Waals surface area contributed by atoms with Gasteiger partial charge in [0.2, 0.25) is 0 Å². The molecule has 2 aromatic rings. The normalized spacial score (nSPS) is 13.8. The zero-order chi connectivity index (χ0) is 19.9. The molecule has 0 aromatic heterocycles. The molecular formula is C21H24N2O5. The van der Waals surface area contributed by atoms with Crippen LogP contribution < -0.4 is 14.4 Å². The molecule has 1 saturated heterocycles. The Kier molecular flexibility index (Phi) is 6.37. The van der Waals surface area contributed by atoms with Crippen molar-refractivity contribution in [3.05, 3.63) is 54.1 Å². The topological polar surface area (TPSA) is 68.3 Å². The number of ether oxygens (including phenoxy) is 3. The molecule has 1 amide bonds. The molecule has 0 aliphatic carbocycles. The first kappa shape index (κ1) is 19.5. The lowest BCUT2D eigenvalue weighted by molar-refractivity contribution is -0.133. The van der Waals surface area contributed by atoms with Gasteiger partial charge in [0, 0.05) is 31.9 Å². The molecular weight excluding hydrogens is 360 g/mol. The standard InChI is InChI=1S/C21H24N2O5/c1-26-18-9-5-17(6-10-18)22-11-13-23(14-12-22)20(24)15-28-19-7-3-16(4-8-19)21(25)27-2/h3-10H,11-15H2,1-2H3. The summed E-state index contributed by atoms with van der Waals surface area (Å²) in [4.78, 5) is 27.9. The van der Waals surface area contributed by atoms with Crippen LogP contribution in [-0.2, 0) is 9.53 Å². The number of hydrogen-bond donors (Lipinski definition) is 0. The molecule has 0 atom stereocenters. The Labute approximate surface area is 164 Å². The van der Waals surface area contributed by atoms with Crippen LogP contribution >= 0.6 is 0 Å². The molecule has 1 aliphatic rings. The zero-order valence-corrected chi connectivity index (χ0v) is 16.1. The van der Waals surface area contributed by atoms with E-state index in [1.807, 2.05) is 29.2 Å². The van der Waals surface area contributed by atoms with Crippen molar-refractivity contribution in [3.8, 4) is 11.5 Å². The summed E-state index contributed by atoms with van der Waals surface area (Å²) in [6, 6.07) is 14.5. The van der Waals surface area contributed by atoms with E-state index in [2.05, 4.69) is 9.64 Å². The summed E-state index contributed by atoms with van der Waals surface area (Å²) < 4.78 is 15.4. The van der Waals surface area contributed by atoms with Gasteiger partial charge >= 0.3 is 5.97 Å². The molecule has 2 aromatic carbocycles. The van der Waals surface area contributed by atoms with Crippen molar-refractivity contribution in [2.75, 3.05) is 51.9 Å². The molecule has 1 heterocycles. The molecule has 0 N–H and O–H groups in total. The Morgan fingerprint density at radius 2 is 1.46 bits per heavy atom. The van der Waals surface area contributed by atoms with E-state index in [-0.39, 0.29) is 12.5 Å². The first-order chi connectivity index (χ1) is 13.6. The van der Waals surface area contributed by atoms with Gasteiger partial charge in [0.25, 0.3) is 5.91 Å². The minimum atomic E-state index is -0.405. The maximum atomic E-state index is 12.4. The van der Waals surface area contributed by atoms with Crippen molar-refractivity contribution < 1.29 is 23.8 Å². The van der Waals surface area contributed by atoms with Crippen molar-refractivity contribution in [3.63, 3.8) is 0 Å². The molecule has 28 heavy (non-hydrogen) atoms. The van der Waals surface area contributed by atoms with Crippen LogP contribution in [0.15, 0.2) is 48.5 Å². The van der Waals surface area contributed by atoms with Crippen molar-refractivity contribution in [2.45, 2.75) is 0 Å². The van der Waals surface area contributed by atoms with Crippen molar-refractivity contribution in [2.24, 2.45) is 0 Å². The highest BCUT2D eigenvalue weighted by Crippen LogP contribution is 2.20. The predicted octanol–water partition coefficient (Wildman–Crippen LogP) is 2.21. The van der Waals surface area contributed by atoms with Crippen LogP contribution in [0.4, 0.5) is 5.69 Å². The Balaban J connectivity index is 1.46. The number of hydrogen-bond acceptors (Lipinski definition) is 6. The van der Waals surface area contributed by atoms with Gasteiger partial charge in [-0.05, 0) is 48.5 Å². The van der Waals surface area contributed by atoms with Gasteiger partial charge in [-0.1, -0.05) is 0 Å². The third-order valence-corrected chi connectivity index (χ3v) is 4.71. The van der Waals surface area contributed by atoms with Gasteiger partial charge in [-0.15, -0.1) is 0 Å². The van der Waals surface area contributed by atoms with Gasteiger partial charge in [-0.25, -0.2) is 4.79 Å². The van der Waals surface area contributed by atoms with E-state index in [1.54, 1.807) is 31.4 Å². The summed E-state index contributed by atoms with van der Waals surface area (Å²) in [6.45, 7) is 2.81. The molecule has 1 fully saturated rings. The summed E-state index contributed by atoms with van der Waals surface area (Å²) in [5, 5.41) is 0. The Morgan fingerprint density at radius 3 is 2.04 bits per heavy atom. The van der Waals surface area contributed by atoms with Crippen LogP contribution in [-0.4, -0.2) is 63.8 Å². The van der Waals surface area contributed by atoms with Crippen molar-refractivity contribution in [1.29, 1.82) is 0 Å². The van der Waals surface area contributed by atoms with Gasteiger partial charge in [-0.3, -0.25) is 4.79 Å². The van der Waals surface area contributed by atoms with Crippen LogP contribution in [0.25, 0.3) is 0 Å². The molecule has 0 saturated carbocycles. The summed E-state index contributed by atoms with van der Waals surface area (Å²) in [5.41, 5.74) is 1.56. The third-order valence-electron chi connectivity index (χ3n) is 4.71. The number of rotatable bonds is 6. The molecule has 7 heteroatoms. The van der Waals surface area contributed by atoms with Crippen molar-refractivity contribution >= 4 is 17.6 Å². The number of piperazine rings is 1. The monoisotopic (exact) mass is 384 g/mol. The lowest BCUT2D eigenvalue weighted by Crippen LogP contribution is -2.50. The largest absolute Gasteiger partial charge is 0.497 e. The zero-order valence-electron chi connectivity index (χ0n) is 16.1. The second kappa shape index (κ2) is 9.12. The van der Waals surface area contributed by atoms with E-state index < -0.39 is 5.97 Å². The average molecular weight is 384 g/mol. The van der Waals surface area contributed by atoms with Gasteiger partial charge < -0.3 is 24.0 Å².